The lowest BCUT2D eigenvalue weighted by atomic mass is 10.0. The molecule has 1 heterocycles. The minimum absolute atomic E-state index is 0.159. The highest BCUT2D eigenvalue weighted by Gasteiger charge is 2.35. The van der Waals surface area contributed by atoms with E-state index in [9.17, 15) is 35.9 Å². The van der Waals surface area contributed by atoms with E-state index in [1.165, 1.54) is 31.2 Å². The number of primary amides is 1. The number of carbonyl (C=O) groups is 2. The molecule has 2 rings (SSSR count). The van der Waals surface area contributed by atoms with Gasteiger partial charge < -0.3 is 20.5 Å². The van der Waals surface area contributed by atoms with Crippen molar-refractivity contribution in [3.63, 3.8) is 0 Å². The summed E-state index contributed by atoms with van der Waals surface area (Å²) in [6.07, 6.45) is -11.9. The Bertz CT molecular complexity index is 964. The van der Waals surface area contributed by atoms with Crippen LogP contribution in [0.2, 0.25) is 0 Å². The smallest absolute Gasteiger partial charge is 0.422 e. The maximum Gasteiger partial charge on any atom is 0.422 e. The van der Waals surface area contributed by atoms with Gasteiger partial charge >= 0.3 is 18.4 Å². The minimum Gasteiger partial charge on any atom is -0.483 e. The van der Waals surface area contributed by atoms with Gasteiger partial charge in [-0.3, -0.25) is 9.78 Å². The highest BCUT2D eigenvalue weighted by atomic mass is 19.4. The van der Waals surface area contributed by atoms with Gasteiger partial charge in [0.2, 0.25) is 0 Å². The molecule has 2 aromatic rings. The number of hydrogen-bond donors (Lipinski definition) is 2. The zero-order valence-electron chi connectivity index (χ0n) is 17.0. The molecule has 1 unspecified atom stereocenters. The molecule has 0 fully saturated rings. The van der Waals surface area contributed by atoms with Crippen molar-refractivity contribution < 1.29 is 45.4 Å². The van der Waals surface area contributed by atoms with Crippen LogP contribution in [-0.4, -0.2) is 35.9 Å². The van der Waals surface area contributed by atoms with Gasteiger partial charge in [0.1, 0.15) is 5.75 Å². The number of amides is 2. The third kappa shape index (κ3) is 8.16. The van der Waals surface area contributed by atoms with E-state index in [1.54, 1.807) is 0 Å². The highest BCUT2D eigenvalue weighted by molar-refractivity contribution is 5.83. The second-order valence-electron chi connectivity index (χ2n) is 6.84. The van der Waals surface area contributed by atoms with E-state index in [1.807, 2.05) is 0 Å². The van der Waals surface area contributed by atoms with Crippen molar-refractivity contribution in [3.8, 4) is 5.75 Å². The highest BCUT2D eigenvalue weighted by Crippen LogP contribution is 2.32. The van der Waals surface area contributed by atoms with Gasteiger partial charge in [-0.05, 0) is 30.7 Å². The third-order valence-corrected chi connectivity index (χ3v) is 4.24. The first-order valence-corrected chi connectivity index (χ1v) is 9.33. The summed E-state index contributed by atoms with van der Waals surface area (Å²) in [5.41, 5.74) is 3.87. The van der Waals surface area contributed by atoms with Crippen LogP contribution < -0.4 is 15.8 Å². The van der Waals surface area contributed by atoms with Gasteiger partial charge in [0, 0.05) is 6.42 Å². The van der Waals surface area contributed by atoms with E-state index in [4.69, 9.17) is 10.5 Å². The van der Waals surface area contributed by atoms with Crippen molar-refractivity contribution in [3.05, 3.63) is 59.4 Å². The Hall–Kier alpha value is -3.51. The maximum atomic E-state index is 13.2. The van der Waals surface area contributed by atoms with E-state index < -0.39 is 55.1 Å². The number of carbonyl (C=O) groups excluding carboxylic acids is 2. The quantitative estimate of drug-likeness (QED) is 0.559. The molecule has 3 N–H and O–H groups in total. The monoisotopic (exact) mass is 479 g/mol. The topological polar surface area (TPSA) is 104 Å². The van der Waals surface area contributed by atoms with Gasteiger partial charge in [-0.1, -0.05) is 18.2 Å². The second kappa shape index (κ2) is 10.4. The molecule has 13 heteroatoms. The molecule has 2 amide bonds. The first kappa shape index (κ1) is 25.7. The number of hydrogen-bond acceptors (Lipinski definition) is 5. The molecule has 1 aromatic carbocycles. The van der Waals surface area contributed by atoms with Gasteiger partial charge in [-0.2, -0.15) is 26.3 Å². The lowest BCUT2D eigenvalue weighted by Gasteiger charge is -2.21. The molecule has 0 spiro atoms. The Morgan fingerprint density at radius 2 is 1.76 bits per heavy atom. The van der Waals surface area contributed by atoms with Crippen LogP contribution in [-0.2, 0) is 22.1 Å². The van der Waals surface area contributed by atoms with Crippen LogP contribution in [0.25, 0.3) is 0 Å². The fourth-order valence-corrected chi connectivity index (χ4v) is 2.78. The number of nitrogens with zero attached hydrogens (tertiary/aromatic N) is 1. The molecular formula is C20H19F6N3O4. The van der Waals surface area contributed by atoms with Crippen molar-refractivity contribution >= 4 is 12.0 Å². The Morgan fingerprint density at radius 1 is 1.09 bits per heavy atom. The molecule has 7 nitrogen and oxygen atoms in total. The summed E-state index contributed by atoms with van der Waals surface area (Å²) in [7, 11) is 0. The number of nitrogens with two attached hydrogens (primary N) is 1. The van der Waals surface area contributed by atoms with E-state index in [0.717, 1.165) is 18.3 Å². The number of pyridine rings is 1. The third-order valence-electron chi connectivity index (χ3n) is 4.24. The Morgan fingerprint density at radius 3 is 2.30 bits per heavy atom. The average Bonchev–Trinajstić information content (AvgIpc) is 2.71. The molecule has 0 aliphatic rings. The fraction of sp³-hybridized carbons (Fsp3) is 0.350. The first-order valence-electron chi connectivity index (χ1n) is 9.33. The summed E-state index contributed by atoms with van der Waals surface area (Å²) in [5, 5.41) is 2.42. The van der Waals surface area contributed by atoms with Gasteiger partial charge in [0.05, 0.1) is 23.5 Å². The number of aromatic nitrogens is 1. The zero-order valence-corrected chi connectivity index (χ0v) is 17.0. The molecule has 0 bridgehead atoms. The van der Waals surface area contributed by atoms with Gasteiger partial charge in [-0.25, -0.2) is 4.79 Å². The van der Waals surface area contributed by atoms with Crippen LogP contribution in [0.3, 0.4) is 0 Å². The van der Waals surface area contributed by atoms with Gasteiger partial charge in [0.15, 0.2) is 12.7 Å². The summed E-state index contributed by atoms with van der Waals surface area (Å²) in [6.45, 7) is -0.0483. The Balaban J connectivity index is 2.12. The molecular weight excluding hydrogens is 460 g/mol. The molecule has 0 aliphatic heterocycles. The molecule has 33 heavy (non-hydrogen) atoms. The van der Waals surface area contributed by atoms with Crippen molar-refractivity contribution in [2.24, 2.45) is 5.73 Å². The number of alkyl halides is 6. The van der Waals surface area contributed by atoms with E-state index >= 15 is 0 Å². The predicted octanol–water partition coefficient (Wildman–Crippen LogP) is 3.93. The molecule has 1 aromatic heterocycles. The SMILES string of the molecule is C[C@@H](NC(=O)C(Cc1ccccc1C(F)(F)F)OC(N)=O)c1ccc(OCC(F)(F)F)cn1. The number of rotatable bonds is 8. The molecule has 0 saturated carbocycles. The summed E-state index contributed by atoms with van der Waals surface area (Å²) >= 11 is 0. The average molecular weight is 479 g/mol. The van der Waals surface area contributed by atoms with Gasteiger partial charge in [0.25, 0.3) is 5.91 Å². The van der Waals surface area contributed by atoms with E-state index in [-0.39, 0.29) is 17.0 Å². The van der Waals surface area contributed by atoms with Crippen LogP contribution in [0.1, 0.15) is 29.8 Å². The molecule has 2 atom stereocenters. The molecule has 0 radical (unpaired) electrons. The van der Waals surface area contributed by atoms with Gasteiger partial charge in [-0.15, -0.1) is 0 Å². The van der Waals surface area contributed by atoms with Crippen molar-refractivity contribution in [1.29, 1.82) is 0 Å². The lowest BCUT2D eigenvalue weighted by Crippen LogP contribution is -2.41. The second-order valence-corrected chi connectivity index (χ2v) is 6.84. The zero-order chi connectivity index (χ0) is 24.8. The number of benzene rings is 1. The van der Waals surface area contributed by atoms with E-state index in [2.05, 4.69) is 15.0 Å². The lowest BCUT2D eigenvalue weighted by molar-refractivity contribution is -0.153. The molecule has 0 saturated heterocycles. The van der Waals surface area contributed by atoms with Crippen molar-refractivity contribution in [1.82, 2.24) is 10.3 Å². The Labute approximate surface area is 183 Å². The summed E-state index contributed by atoms with van der Waals surface area (Å²) in [4.78, 5) is 27.7. The number of halogens is 6. The molecule has 180 valence electrons. The summed E-state index contributed by atoms with van der Waals surface area (Å²) in [5.74, 6) is -1.11. The largest absolute Gasteiger partial charge is 0.483 e. The fourth-order valence-electron chi connectivity index (χ4n) is 2.78. The van der Waals surface area contributed by atoms with Crippen LogP contribution >= 0.6 is 0 Å². The van der Waals surface area contributed by atoms with Crippen LogP contribution in [0.4, 0.5) is 31.1 Å². The first-order chi connectivity index (χ1) is 15.3. The number of ether oxygens (including phenoxy) is 2. The number of nitrogens with one attached hydrogen (secondary N) is 1. The van der Waals surface area contributed by atoms with Crippen molar-refractivity contribution in [2.45, 2.75) is 37.8 Å². The van der Waals surface area contributed by atoms with Crippen LogP contribution in [0.15, 0.2) is 42.6 Å². The Kier molecular flexibility index (Phi) is 8.12. The summed E-state index contributed by atoms with van der Waals surface area (Å²) < 4.78 is 85.6. The standard InChI is InChI=1S/C20H19F6N3O4/c1-11(15-7-6-13(9-28-15)32-10-19(21,22)23)29-17(30)16(33-18(27)31)8-12-4-2-3-5-14(12)20(24,25)26/h2-7,9,11,16H,8,10H2,1H3,(H2,27,31)(H,29,30)/t11-,16?/m1/s1. The molecule has 0 aliphatic carbocycles. The minimum atomic E-state index is -4.70. The predicted molar refractivity (Wildman–Crippen MR) is 102 cm³/mol. The van der Waals surface area contributed by atoms with Crippen LogP contribution in [0.5, 0.6) is 5.75 Å². The van der Waals surface area contributed by atoms with E-state index in [0.29, 0.717) is 0 Å². The summed E-state index contributed by atoms with van der Waals surface area (Å²) in [6, 6.07) is 6.12. The van der Waals surface area contributed by atoms with Crippen LogP contribution in [0, 0.1) is 0 Å². The van der Waals surface area contributed by atoms with Crippen molar-refractivity contribution in [2.75, 3.05) is 6.61 Å². The normalized spacial score (nSPS) is 13.7. The maximum absolute atomic E-state index is 13.2.